The van der Waals surface area contributed by atoms with Crippen LogP contribution < -0.4 is 5.32 Å². The van der Waals surface area contributed by atoms with E-state index in [1.54, 1.807) is 6.20 Å². The van der Waals surface area contributed by atoms with Crippen molar-refractivity contribution in [2.75, 3.05) is 26.2 Å². The Kier molecular flexibility index (Phi) is 5.67. The van der Waals surface area contributed by atoms with E-state index in [9.17, 15) is 9.59 Å². The minimum absolute atomic E-state index is 0.0671. The number of nitrogens with one attached hydrogen (secondary N) is 1. The predicted octanol–water partition coefficient (Wildman–Crippen LogP) is 2.71. The number of ether oxygens (including phenoxy) is 1. The number of aromatic nitrogens is 1. The Balaban J connectivity index is 1.26. The van der Waals surface area contributed by atoms with Crippen molar-refractivity contribution in [1.82, 2.24) is 15.2 Å². The molecule has 1 aliphatic carbocycles. The highest BCUT2D eigenvalue weighted by molar-refractivity contribution is 5.94. The van der Waals surface area contributed by atoms with Crippen LogP contribution in [-0.4, -0.2) is 53.5 Å². The summed E-state index contributed by atoms with van der Waals surface area (Å²) in [4.78, 5) is 30.7. The largest absolute Gasteiger partial charge is 0.375 e. The molecule has 152 valence electrons. The molecule has 1 atom stereocenters. The van der Waals surface area contributed by atoms with Gasteiger partial charge in [0, 0.05) is 44.0 Å². The number of hydrogen-bond donors (Lipinski definition) is 1. The van der Waals surface area contributed by atoms with E-state index in [-0.39, 0.29) is 23.3 Å². The summed E-state index contributed by atoms with van der Waals surface area (Å²) < 4.78 is 6.22. The van der Waals surface area contributed by atoms with Crippen molar-refractivity contribution < 1.29 is 14.3 Å². The van der Waals surface area contributed by atoms with E-state index in [2.05, 4.69) is 10.3 Å². The van der Waals surface area contributed by atoms with Gasteiger partial charge in [-0.15, -0.1) is 0 Å². The topological polar surface area (TPSA) is 71.5 Å². The fourth-order valence-electron chi connectivity index (χ4n) is 4.51. The highest BCUT2D eigenvalue weighted by Gasteiger charge is 2.41. The molecule has 3 heterocycles. The first-order valence-corrected chi connectivity index (χ1v) is 10.7. The smallest absolute Gasteiger partial charge is 0.255 e. The zero-order chi connectivity index (χ0) is 19.6. The second kappa shape index (κ2) is 8.19. The number of amides is 2. The number of nitrogens with zero attached hydrogens (tertiary/aromatic N) is 2. The summed E-state index contributed by atoms with van der Waals surface area (Å²) in [5.41, 5.74) is 1.49. The molecule has 0 bridgehead atoms. The molecule has 1 aromatic heterocycles. The fourth-order valence-corrected chi connectivity index (χ4v) is 4.51. The molecule has 0 radical (unpaired) electrons. The molecule has 1 unspecified atom stereocenters. The van der Waals surface area contributed by atoms with E-state index in [1.165, 1.54) is 0 Å². The number of pyridine rings is 1. The maximum atomic E-state index is 12.7. The summed E-state index contributed by atoms with van der Waals surface area (Å²) >= 11 is 0. The lowest BCUT2D eigenvalue weighted by Gasteiger charge is -2.46. The zero-order valence-electron chi connectivity index (χ0n) is 16.8. The Labute approximate surface area is 167 Å². The van der Waals surface area contributed by atoms with Gasteiger partial charge in [0.1, 0.15) is 0 Å². The Morgan fingerprint density at radius 1 is 1.25 bits per heavy atom. The van der Waals surface area contributed by atoms with Gasteiger partial charge in [-0.3, -0.25) is 14.6 Å². The van der Waals surface area contributed by atoms with Crippen LogP contribution in [0, 0.1) is 18.8 Å². The van der Waals surface area contributed by atoms with Gasteiger partial charge in [0.05, 0.1) is 11.2 Å². The van der Waals surface area contributed by atoms with Crippen LogP contribution in [0.15, 0.2) is 18.3 Å². The number of carbonyl (C=O) groups excluding carboxylic acids is 2. The van der Waals surface area contributed by atoms with Crippen LogP contribution in [-0.2, 0) is 9.53 Å². The molecule has 2 aliphatic heterocycles. The second-order valence-electron chi connectivity index (χ2n) is 8.72. The average Bonchev–Trinajstić information content (AvgIpc) is 3.54. The van der Waals surface area contributed by atoms with Crippen molar-refractivity contribution in [3.05, 3.63) is 29.6 Å². The molecular weight excluding hydrogens is 354 g/mol. The van der Waals surface area contributed by atoms with Crippen LogP contribution in [0.1, 0.15) is 61.0 Å². The standard InChI is InChI=1S/C22H31N3O3/c1-16-2-3-19(15-24-16)21(27)25-11-8-22(9-12-25)14-17(7-13-28-22)6-10-23-20(26)18-4-5-18/h2-3,15,17-18H,4-14H2,1H3,(H,23,26). The number of piperidine rings is 1. The van der Waals surface area contributed by atoms with E-state index in [1.807, 2.05) is 24.0 Å². The molecule has 2 saturated heterocycles. The fraction of sp³-hybridized carbons (Fsp3) is 0.682. The Hall–Kier alpha value is -1.95. The first-order valence-electron chi connectivity index (χ1n) is 10.7. The number of likely N-dealkylation sites (tertiary alicyclic amines) is 1. The minimum Gasteiger partial charge on any atom is -0.375 e. The lowest BCUT2D eigenvalue weighted by Crippen LogP contribution is -2.51. The van der Waals surface area contributed by atoms with Gasteiger partial charge < -0.3 is 15.0 Å². The third-order valence-corrected chi connectivity index (χ3v) is 6.52. The van der Waals surface area contributed by atoms with Crippen LogP contribution in [0.25, 0.3) is 0 Å². The predicted molar refractivity (Wildman–Crippen MR) is 106 cm³/mol. The third-order valence-electron chi connectivity index (χ3n) is 6.52. The van der Waals surface area contributed by atoms with Crippen molar-refractivity contribution in [3.8, 4) is 0 Å². The van der Waals surface area contributed by atoms with Crippen LogP contribution in [0.3, 0.4) is 0 Å². The molecule has 3 aliphatic rings. The lowest BCUT2D eigenvalue weighted by atomic mass is 9.78. The molecule has 3 fully saturated rings. The maximum Gasteiger partial charge on any atom is 0.255 e. The highest BCUT2D eigenvalue weighted by Crippen LogP contribution is 2.39. The zero-order valence-corrected chi connectivity index (χ0v) is 16.8. The molecule has 2 amide bonds. The van der Waals surface area contributed by atoms with Crippen LogP contribution >= 0.6 is 0 Å². The highest BCUT2D eigenvalue weighted by atomic mass is 16.5. The molecule has 28 heavy (non-hydrogen) atoms. The molecule has 6 nitrogen and oxygen atoms in total. The molecule has 6 heteroatoms. The number of carbonyl (C=O) groups is 2. The van der Waals surface area contributed by atoms with Gasteiger partial charge >= 0.3 is 0 Å². The second-order valence-corrected chi connectivity index (χ2v) is 8.72. The summed E-state index contributed by atoms with van der Waals surface area (Å²) in [5.74, 6) is 1.18. The van der Waals surface area contributed by atoms with E-state index >= 15 is 0 Å². The first kappa shape index (κ1) is 19.4. The van der Waals surface area contributed by atoms with Crippen molar-refractivity contribution in [2.45, 2.75) is 57.5 Å². The normalized spacial score (nSPS) is 24.2. The van der Waals surface area contributed by atoms with Crippen LogP contribution in [0.2, 0.25) is 0 Å². The van der Waals surface area contributed by atoms with Crippen LogP contribution in [0.5, 0.6) is 0 Å². The van der Waals surface area contributed by atoms with E-state index in [4.69, 9.17) is 4.74 Å². The summed E-state index contributed by atoms with van der Waals surface area (Å²) in [6, 6.07) is 3.74. The van der Waals surface area contributed by atoms with Gasteiger partial charge in [-0.05, 0) is 69.9 Å². The van der Waals surface area contributed by atoms with Gasteiger partial charge in [-0.25, -0.2) is 0 Å². The lowest BCUT2D eigenvalue weighted by molar-refractivity contribution is -0.125. The van der Waals surface area contributed by atoms with Gasteiger partial charge in [-0.2, -0.15) is 0 Å². The summed E-state index contributed by atoms with van der Waals surface area (Å²) in [6.07, 6.45) is 8.71. The molecule has 4 rings (SSSR count). The molecule has 1 saturated carbocycles. The van der Waals surface area contributed by atoms with Gasteiger partial charge in [0.25, 0.3) is 5.91 Å². The van der Waals surface area contributed by atoms with Crippen molar-refractivity contribution in [2.24, 2.45) is 11.8 Å². The van der Waals surface area contributed by atoms with Crippen molar-refractivity contribution in [1.29, 1.82) is 0 Å². The molecule has 1 aromatic rings. The van der Waals surface area contributed by atoms with Gasteiger partial charge in [0.15, 0.2) is 0 Å². The SMILES string of the molecule is Cc1ccc(C(=O)N2CCC3(CC2)CC(CCNC(=O)C2CC2)CCO3)cn1. The van der Waals surface area contributed by atoms with E-state index in [0.29, 0.717) is 11.5 Å². The summed E-state index contributed by atoms with van der Waals surface area (Å²) in [5, 5.41) is 3.09. The monoisotopic (exact) mass is 385 g/mol. The van der Waals surface area contributed by atoms with Crippen molar-refractivity contribution >= 4 is 11.8 Å². The Bertz CT molecular complexity index is 706. The van der Waals surface area contributed by atoms with Crippen molar-refractivity contribution in [3.63, 3.8) is 0 Å². The molecular formula is C22H31N3O3. The third kappa shape index (κ3) is 4.54. The number of aryl methyl sites for hydroxylation is 1. The Morgan fingerprint density at radius 3 is 2.71 bits per heavy atom. The van der Waals surface area contributed by atoms with Gasteiger partial charge in [0.2, 0.25) is 5.91 Å². The average molecular weight is 386 g/mol. The quantitative estimate of drug-likeness (QED) is 0.846. The number of rotatable bonds is 5. The molecule has 0 aromatic carbocycles. The Morgan fingerprint density at radius 2 is 2.04 bits per heavy atom. The minimum atomic E-state index is -0.0915. The number of hydrogen-bond acceptors (Lipinski definition) is 4. The van der Waals surface area contributed by atoms with Crippen LogP contribution in [0.4, 0.5) is 0 Å². The maximum absolute atomic E-state index is 12.7. The molecule has 1 spiro atoms. The van der Waals surface area contributed by atoms with E-state index in [0.717, 1.165) is 76.9 Å². The summed E-state index contributed by atoms with van der Waals surface area (Å²) in [7, 11) is 0. The van der Waals surface area contributed by atoms with Gasteiger partial charge in [-0.1, -0.05) is 0 Å². The first-order chi connectivity index (χ1) is 13.5. The summed E-state index contributed by atoms with van der Waals surface area (Å²) in [6.45, 7) is 4.96. The van der Waals surface area contributed by atoms with E-state index < -0.39 is 0 Å². The molecule has 1 N–H and O–H groups in total.